The van der Waals surface area contributed by atoms with Gasteiger partial charge in [0.1, 0.15) is 0 Å². The van der Waals surface area contributed by atoms with Crippen molar-refractivity contribution in [2.24, 2.45) is 11.8 Å². The summed E-state index contributed by atoms with van der Waals surface area (Å²) in [5.74, 6) is 4.04. The number of hydrogen-bond donors (Lipinski definition) is 4. The molecule has 0 unspecified atom stereocenters. The summed E-state index contributed by atoms with van der Waals surface area (Å²) in [5, 5.41) is 11.6. The second-order valence-electron chi connectivity index (χ2n) is 2.92. The first-order valence-corrected chi connectivity index (χ1v) is 4.59. The smallest absolute Gasteiger partial charge is 0.306 e. The van der Waals surface area contributed by atoms with Crippen LogP contribution in [0.3, 0.4) is 0 Å². The van der Waals surface area contributed by atoms with Gasteiger partial charge in [0.2, 0.25) is 0 Å². The van der Waals surface area contributed by atoms with Gasteiger partial charge in [-0.25, -0.2) is 0 Å². The molecule has 0 saturated carbocycles. The molecule has 1 aliphatic heterocycles. The number of piperidine rings is 1. The molecule has 0 amide bonds. The largest absolute Gasteiger partial charge is 0.481 e. The molecular weight excluding hydrogens is 170 g/mol. The standard InChI is InChI=1S/C6H11NO2.C2H8N2/c8-6(9)5-1-3-7-4-2-5;1-2-4-3/h5,7H,1-4H2,(H,8,9);4H,2-3H2,1H3. The Hall–Kier alpha value is -0.650. The molecule has 1 heterocycles. The fraction of sp³-hybridized carbons (Fsp3) is 0.875. The predicted octanol–water partition coefficient (Wildman–Crippen LogP) is -0.460. The molecular formula is C8H19N3O2. The molecule has 1 rings (SSSR count). The van der Waals surface area contributed by atoms with Gasteiger partial charge in [-0.05, 0) is 25.9 Å². The molecule has 5 nitrogen and oxygen atoms in total. The van der Waals surface area contributed by atoms with Gasteiger partial charge in [0, 0.05) is 6.54 Å². The van der Waals surface area contributed by atoms with Gasteiger partial charge in [-0.15, -0.1) is 0 Å². The van der Waals surface area contributed by atoms with Gasteiger partial charge in [-0.1, -0.05) is 6.92 Å². The predicted molar refractivity (Wildman–Crippen MR) is 51.1 cm³/mol. The fourth-order valence-corrected chi connectivity index (χ4v) is 1.07. The number of carbonyl (C=O) groups is 1. The van der Waals surface area contributed by atoms with Crippen molar-refractivity contribution in [2.75, 3.05) is 19.6 Å². The molecule has 0 aliphatic carbocycles. The van der Waals surface area contributed by atoms with Crippen LogP contribution in [0.2, 0.25) is 0 Å². The third-order valence-electron chi connectivity index (χ3n) is 1.89. The van der Waals surface area contributed by atoms with Crippen molar-refractivity contribution >= 4 is 5.97 Å². The number of carboxylic acids is 1. The summed E-state index contributed by atoms with van der Waals surface area (Å²) in [7, 11) is 0. The van der Waals surface area contributed by atoms with E-state index in [-0.39, 0.29) is 5.92 Å². The molecule has 0 atom stereocenters. The Balaban J connectivity index is 0.000000310. The third-order valence-corrected chi connectivity index (χ3v) is 1.89. The van der Waals surface area contributed by atoms with Crippen molar-refractivity contribution in [3.8, 4) is 0 Å². The highest BCUT2D eigenvalue weighted by Gasteiger charge is 2.18. The molecule has 5 N–H and O–H groups in total. The maximum absolute atomic E-state index is 10.3. The second kappa shape index (κ2) is 7.97. The van der Waals surface area contributed by atoms with Crippen LogP contribution in [0.25, 0.3) is 0 Å². The zero-order valence-electron chi connectivity index (χ0n) is 8.05. The SMILES string of the molecule is CCNN.O=C(O)C1CCNCC1. The van der Waals surface area contributed by atoms with Crippen LogP contribution in [-0.4, -0.2) is 30.7 Å². The van der Waals surface area contributed by atoms with Crippen molar-refractivity contribution in [1.82, 2.24) is 10.7 Å². The van der Waals surface area contributed by atoms with Gasteiger partial charge in [0.05, 0.1) is 5.92 Å². The Kier molecular flexibility index (Phi) is 7.57. The first-order valence-electron chi connectivity index (χ1n) is 4.59. The molecule has 13 heavy (non-hydrogen) atoms. The van der Waals surface area contributed by atoms with Crippen LogP contribution >= 0.6 is 0 Å². The lowest BCUT2D eigenvalue weighted by Gasteiger charge is -2.17. The maximum Gasteiger partial charge on any atom is 0.306 e. The molecule has 0 aromatic rings. The van der Waals surface area contributed by atoms with Crippen molar-refractivity contribution in [3.63, 3.8) is 0 Å². The monoisotopic (exact) mass is 189 g/mol. The van der Waals surface area contributed by atoms with E-state index >= 15 is 0 Å². The van der Waals surface area contributed by atoms with E-state index in [1.807, 2.05) is 6.92 Å². The Morgan fingerprint density at radius 1 is 1.62 bits per heavy atom. The Bertz CT molecular complexity index is 133. The minimum absolute atomic E-state index is 0.0914. The van der Waals surface area contributed by atoms with Crippen molar-refractivity contribution in [3.05, 3.63) is 0 Å². The lowest BCUT2D eigenvalue weighted by Crippen LogP contribution is -2.31. The highest BCUT2D eigenvalue weighted by atomic mass is 16.4. The average Bonchev–Trinajstić information content (AvgIpc) is 2.19. The number of rotatable bonds is 2. The highest BCUT2D eigenvalue weighted by molar-refractivity contribution is 5.70. The molecule has 1 fully saturated rings. The fourth-order valence-electron chi connectivity index (χ4n) is 1.07. The van der Waals surface area contributed by atoms with Gasteiger partial charge in [-0.3, -0.25) is 16.1 Å². The summed E-state index contributed by atoms with van der Waals surface area (Å²) in [5.41, 5.74) is 2.43. The van der Waals surface area contributed by atoms with Crippen LogP contribution in [0, 0.1) is 5.92 Å². The summed E-state index contributed by atoms with van der Waals surface area (Å²) >= 11 is 0. The summed E-state index contributed by atoms with van der Waals surface area (Å²) in [6.45, 7) is 4.51. The van der Waals surface area contributed by atoms with Gasteiger partial charge in [-0.2, -0.15) is 0 Å². The van der Waals surface area contributed by atoms with Gasteiger partial charge < -0.3 is 10.4 Å². The first kappa shape index (κ1) is 12.3. The van der Waals surface area contributed by atoms with Crippen LogP contribution in [0.1, 0.15) is 19.8 Å². The summed E-state index contributed by atoms with van der Waals surface area (Å²) in [6.07, 6.45) is 1.57. The molecule has 5 heteroatoms. The lowest BCUT2D eigenvalue weighted by molar-refractivity contribution is -0.142. The van der Waals surface area contributed by atoms with Gasteiger partial charge >= 0.3 is 5.97 Å². The van der Waals surface area contributed by atoms with E-state index in [2.05, 4.69) is 10.7 Å². The van der Waals surface area contributed by atoms with E-state index in [9.17, 15) is 4.79 Å². The van der Waals surface area contributed by atoms with Crippen LogP contribution in [-0.2, 0) is 4.79 Å². The van der Waals surface area contributed by atoms with Crippen LogP contribution in [0.15, 0.2) is 0 Å². The number of hydrogen-bond acceptors (Lipinski definition) is 4. The summed E-state index contributed by atoms with van der Waals surface area (Å²) in [4.78, 5) is 10.3. The molecule has 0 spiro atoms. The van der Waals surface area contributed by atoms with E-state index in [0.29, 0.717) is 0 Å². The number of hydrazine groups is 1. The Morgan fingerprint density at radius 2 is 2.08 bits per heavy atom. The summed E-state index contributed by atoms with van der Waals surface area (Å²) in [6, 6.07) is 0. The normalized spacial score (nSPS) is 17.4. The Morgan fingerprint density at radius 3 is 2.31 bits per heavy atom. The number of nitrogens with one attached hydrogen (secondary N) is 2. The van der Waals surface area contributed by atoms with Crippen LogP contribution in [0.4, 0.5) is 0 Å². The van der Waals surface area contributed by atoms with Gasteiger partial charge in [0.15, 0.2) is 0 Å². The lowest BCUT2D eigenvalue weighted by atomic mass is 9.99. The second-order valence-corrected chi connectivity index (χ2v) is 2.92. The third kappa shape index (κ3) is 6.51. The van der Waals surface area contributed by atoms with Crippen LogP contribution < -0.4 is 16.6 Å². The zero-order valence-corrected chi connectivity index (χ0v) is 8.05. The number of nitrogens with two attached hydrogens (primary N) is 1. The maximum atomic E-state index is 10.3. The van der Waals surface area contributed by atoms with E-state index in [4.69, 9.17) is 10.9 Å². The minimum Gasteiger partial charge on any atom is -0.481 e. The van der Waals surface area contributed by atoms with Crippen molar-refractivity contribution < 1.29 is 9.90 Å². The van der Waals surface area contributed by atoms with Crippen molar-refractivity contribution in [2.45, 2.75) is 19.8 Å². The zero-order chi connectivity index (χ0) is 10.1. The van der Waals surface area contributed by atoms with Crippen molar-refractivity contribution in [1.29, 1.82) is 0 Å². The Labute approximate surface area is 78.7 Å². The minimum atomic E-state index is -0.642. The van der Waals surface area contributed by atoms with Crippen LogP contribution in [0.5, 0.6) is 0 Å². The molecule has 0 radical (unpaired) electrons. The number of aliphatic carboxylic acids is 1. The molecule has 78 valence electrons. The van der Waals surface area contributed by atoms with E-state index in [1.54, 1.807) is 0 Å². The first-order chi connectivity index (χ1) is 6.22. The number of carboxylic acid groups (broad SMARTS) is 1. The molecule has 0 aromatic heterocycles. The quantitative estimate of drug-likeness (QED) is 0.349. The molecule has 0 aromatic carbocycles. The molecule has 0 bridgehead atoms. The van der Waals surface area contributed by atoms with Gasteiger partial charge in [0.25, 0.3) is 0 Å². The molecule has 1 aliphatic rings. The van der Waals surface area contributed by atoms with E-state index < -0.39 is 5.97 Å². The highest BCUT2D eigenvalue weighted by Crippen LogP contribution is 2.10. The van der Waals surface area contributed by atoms with E-state index in [0.717, 1.165) is 32.5 Å². The molecule has 1 saturated heterocycles. The average molecular weight is 189 g/mol. The summed E-state index contributed by atoms with van der Waals surface area (Å²) < 4.78 is 0. The topological polar surface area (TPSA) is 87.4 Å². The van der Waals surface area contributed by atoms with E-state index in [1.165, 1.54) is 0 Å².